The maximum atomic E-state index is 11.5. The van der Waals surface area contributed by atoms with E-state index in [0.29, 0.717) is 5.92 Å². The molecule has 2 fully saturated rings. The topological polar surface area (TPSA) is 26.8 Å². The van der Waals surface area contributed by atoms with Gasteiger partial charge in [0.2, 0.25) is 5.91 Å². The van der Waals surface area contributed by atoms with Crippen molar-refractivity contribution < 1.29 is 4.79 Å². The van der Waals surface area contributed by atoms with Gasteiger partial charge < -0.3 is 14.7 Å². The van der Waals surface area contributed by atoms with Gasteiger partial charge in [-0.2, -0.15) is 0 Å². The Morgan fingerprint density at radius 2 is 2.04 bits per heavy atom. The lowest BCUT2D eigenvalue weighted by atomic mass is 10.1. The van der Waals surface area contributed by atoms with Gasteiger partial charge in [-0.05, 0) is 44.4 Å². The molecule has 0 unspecified atom stereocenters. The van der Waals surface area contributed by atoms with Crippen molar-refractivity contribution in [1.82, 2.24) is 9.80 Å². The van der Waals surface area contributed by atoms with Gasteiger partial charge in [0.25, 0.3) is 0 Å². The van der Waals surface area contributed by atoms with Crippen LogP contribution in [0.4, 0.5) is 5.69 Å². The first-order chi connectivity index (χ1) is 11.5. The van der Waals surface area contributed by atoms with E-state index in [2.05, 4.69) is 29.0 Å². The molecule has 4 nitrogen and oxygen atoms in total. The summed E-state index contributed by atoms with van der Waals surface area (Å²) < 4.78 is 0. The monoisotopic (exact) mass is 349 g/mol. The molecular weight excluding hydrogens is 322 g/mol. The van der Waals surface area contributed by atoms with Crippen LogP contribution in [0.1, 0.15) is 31.7 Å². The molecule has 1 aromatic rings. The van der Waals surface area contributed by atoms with Gasteiger partial charge in [-0.15, -0.1) is 0 Å². The zero-order valence-corrected chi connectivity index (χ0v) is 15.6. The van der Waals surface area contributed by atoms with Crippen molar-refractivity contribution in [3.8, 4) is 0 Å². The van der Waals surface area contributed by atoms with Crippen LogP contribution >= 0.6 is 11.6 Å². The molecule has 0 aromatic heterocycles. The maximum Gasteiger partial charge on any atom is 0.219 e. The largest absolute Gasteiger partial charge is 0.371 e. The number of carbonyl (C=O) groups is 1. The van der Waals surface area contributed by atoms with Crippen LogP contribution < -0.4 is 4.90 Å². The van der Waals surface area contributed by atoms with Gasteiger partial charge in [-0.1, -0.05) is 17.7 Å². The van der Waals surface area contributed by atoms with E-state index >= 15 is 0 Å². The molecule has 2 aliphatic rings. The number of hydrogen-bond acceptors (Lipinski definition) is 3. The summed E-state index contributed by atoms with van der Waals surface area (Å²) in [5, 5.41) is 0.864. The second kappa shape index (κ2) is 7.75. The molecule has 132 valence electrons. The van der Waals surface area contributed by atoms with Gasteiger partial charge >= 0.3 is 0 Å². The van der Waals surface area contributed by atoms with Gasteiger partial charge in [0, 0.05) is 62.5 Å². The molecule has 2 saturated heterocycles. The molecule has 0 bridgehead atoms. The number of benzene rings is 1. The molecule has 1 amide bonds. The standard InChI is InChI=1S/C19H28ClN3O/c1-15(24)23-11-8-16(13-23)12-21(2)14-17-18(20)6-5-7-19(17)22-9-3-4-10-22/h5-7,16H,3-4,8-14H2,1-2H3/t16-/m1/s1. The molecule has 2 aliphatic heterocycles. The fourth-order valence-corrected chi connectivity index (χ4v) is 4.23. The first kappa shape index (κ1) is 17.6. The van der Waals surface area contributed by atoms with E-state index in [4.69, 9.17) is 11.6 Å². The van der Waals surface area contributed by atoms with E-state index in [9.17, 15) is 4.79 Å². The van der Waals surface area contributed by atoms with E-state index in [-0.39, 0.29) is 5.91 Å². The van der Waals surface area contributed by atoms with Crippen LogP contribution in [0, 0.1) is 5.92 Å². The third-order valence-corrected chi connectivity index (χ3v) is 5.62. The average molecular weight is 350 g/mol. The molecule has 1 aromatic carbocycles. The van der Waals surface area contributed by atoms with Crippen LogP contribution in [0.2, 0.25) is 5.02 Å². The minimum Gasteiger partial charge on any atom is -0.371 e. The fourth-order valence-electron chi connectivity index (χ4n) is 4.00. The Balaban J connectivity index is 1.64. The Morgan fingerprint density at radius 3 is 2.71 bits per heavy atom. The molecule has 0 spiro atoms. The highest BCUT2D eigenvalue weighted by Crippen LogP contribution is 2.31. The highest BCUT2D eigenvalue weighted by Gasteiger charge is 2.26. The molecule has 24 heavy (non-hydrogen) atoms. The lowest BCUT2D eigenvalue weighted by Crippen LogP contribution is -2.30. The van der Waals surface area contributed by atoms with Gasteiger partial charge in [0.1, 0.15) is 0 Å². The zero-order valence-electron chi connectivity index (χ0n) is 14.8. The molecule has 3 rings (SSSR count). The smallest absolute Gasteiger partial charge is 0.219 e. The molecule has 0 radical (unpaired) electrons. The lowest BCUT2D eigenvalue weighted by Gasteiger charge is -2.26. The number of halogens is 1. The van der Waals surface area contributed by atoms with E-state index in [1.54, 1.807) is 6.92 Å². The van der Waals surface area contributed by atoms with Gasteiger partial charge in [0.05, 0.1) is 0 Å². The number of amides is 1. The Morgan fingerprint density at radius 1 is 1.29 bits per heavy atom. The zero-order chi connectivity index (χ0) is 17.1. The van der Waals surface area contributed by atoms with Crippen molar-refractivity contribution in [1.29, 1.82) is 0 Å². The summed E-state index contributed by atoms with van der Waals surface area (Å²) in [6, 6.07) is 6.26. The Labute approximate surface area is 150 Å². The summed E-state index contributed by atoms with van der Waals surface area (Å²) in [6.45, 7) is 7.59. The van der Waals surface area contributed by atoms with Crippen LogP contribution in [0.15, 0.2) is 18.2 Å². The Hall–Kier alpha value is -1.26. The molecule has 1 atom stereocenters. The van der Waals surface area contributed by atoms with Gasteiger partial charge in [-0.25, -0.2) is 0 Å². The van der Waals surface area contributed by atoms with E-state index < -0.39 is 0 Å². The van der Waals surface area contributed by atoms with E-state index in [0.717, 1.165) is 50.7 Å². The van der Waals surface area contributed by atoms with Crippen molar-refractivity contribution in [2.45, 2.75) is 32.7 Å². The second-order valence-electron chi connectivity index (χ2n) is 7.25. The quantitative estimate of drug-likeness (QED) is 0.816. The third-order valence-electron chi connectivity index (χ3n) is 5.27. The molecule has 0 saturated carbocycles. The van der Waals surface area contributed by atoms with Crippen LogP contribution in [-0.2, 0) is 11.3 Å². The number of anilines is 1. The van der Waals surface area contributed by atoms with Crippen molar-refractivity contribution in [2.24, 2.45) is 5.92 Å². The summed E-state index contributed by atoms with van der Waals surface area (Å²) in [5.41, 5.74) is 2.54. The van der Waals surface area contributed by atoms with E-state index in [1.807, 2.05) is 11.0 Å². The average Bonchev–Trinajstić information content (AvgIpc) is 3.20. The number of nitrogens with zero attached hydrogens (tertiary/aromatic N) is 3. The highest BCUT2D eigenvalue weighted by atomic mass is 35.5. The van der Waals surface area contributed by atoms with Crippen molar-refractivity contribution in [3.63, 3.8) is 0 Å². The highest BCUT2D eigenvalue weighted by molar-refractivity contribution is 6.31. The minimum absolute atomic E-state index is 0.197. The van der Waals surface area contributed by atoms with Crippen LogP contribution in [0.3, 0.4) is 0 Å². The van der Waals surface area contributed by atoms with Crippen molar-refractivity contribution >= 4 is 23.2 Å². The van der Waals surface area contributed by atoms with Crippen LogP contribution in [0.25, 0.3) is 0 Å². The van der Waals surface area contributed by atoms with Gasteiger partial charge in [-0.3, -0.25) is 4.79 Å². The first-order valence-electron chi connectivity index (χ1n) is 9.01. The fraction of sp³-hybridized carbons (Fsp3) is 0.632. The molecular formula is C19H28ClN3O. The van der Waals surface area contributed by atoms with Crippen LogP contribution in [0.5, 0.6) is 0 Å². The summed E-state index contributed by atoms with van der Waals surface area (Å²) in [6.07, 6.45) is 3.64. The first-order valence-corrected chi connectivity index (χ1v) is 9.39. The Kier molecular flexibility index (Phi) is 5.67. The summed E-state index contributed by atoms with van der Waals surface area (Å²) in [5.74, 6) is 0.763. The van der Waals surface area contributed by atoms with Crippen LogP contribution in [-0.4, -0.2) is 55.5 Å². The number of rotatable bonds is 5. The third kappa shape index (κ3) is 4.04. The predicted molar refractivity (Wildman–Crippen MR) is 99.6 cm³/mol. The Bertz CT molecular complexity index is 586. The van der Waals surface area contributed by atoms with E-state index in [1.165, 1.54) is 24.1 Å². The minimum atomic E-state index is 0.197. The second-order valence-corrected chi connectivity index (χ2v) is 7.66. The summed E-state index contributed by atoms with van der Waals surface area (Å²) in [7, 11) is 2.16. The molecule has 5 heteroatoms. The van der Waals surface area contributed by atoms with Crippen molar-refractivity contribution in [2.75, 3.05) is 44.7 Å². The SMILES string of the molecule is CC(=O)N1CC[C@H](CN(C)Cc2c(Cl)cccc2N2CCCC2)C1. The summed E-state index contributed by atoms with van der Waals surface area (Å²) in [4.78, 5) is 18.3. The normalized spacial score (nSPS) is 21.1. The van der Waals surface area contributed by atoms with Crippen molar-refractivity contribution in [3.05, 3.63) is 28.8 Å². The predicted octanol–water partition coefficient (Wildman–Crippen LogP) is 3.24. The molecule has 2 heterocycles. The molecule has 0 N–H and O–H groups in total. The number of hydrogen-bond donors (Lipinski definition) is 0. The maximum absolute atomic E-state index is 11.5. The summed E-state index contributed by atoms with van der Waals surface area (Å²) >= 11 is 6.53. The lowest BCUT2D eigenvalue weighted by molar-refractivity contribution is -0.127. The van der Waals surface area contributed by atoms with Gasteiger partial charge in [0.15, 0.2) is 0 Å². The molecule has 0 aliphatic carbocycles. The number of likely N-dealkylation sites (tertiary alicyclic amines) is 1. The number of carbonyl (C=O) groups excluding carboxylic acids is 1.